The molecule has 2 rings (SSSR count). The SMILES string of the molecule is [CH2]c1cc(C)ccc1N1C=CON1. The van der Waals surface area contributed by atoms with Crippen LogP contribution < -0.4 is 10.6 Å². The molecule has 0 spiro atoms. The second-order valence-electron chi connectivity index (χ2n) is 3.00. The lowest BCUT2D eigenvalue weighted by atomic mass is 10.1. The Morgan fingerprint density at radius 3 is 2.92 bits per heavy atom. The Morgan fingerprint density at radius 2 is 2.31 bits per heavy atom. The largest absolute Gasteiger partial charge is 0.395 e. The van der Waals surface area contributed by atoms with E-state index in [1.165, 1.54) is 5.56 Å². The van der Waals surface area contributed by atoms with Crippen LogP contribution in [0.2, 0.25) is 0 Å². The average molecular weight is 175 g/mol. The summed E-state index contributed by atoms with van der Waals surface area (Å²) >= 11 is 0. The van der Waals surface area contributed by atoms with Gasteiger partial charge in [-0.3, -0.25) is 0 Å². The van der Waals surface area contributed by atoms with E-state index >= 15 is 0 Å². The van der Waals surface area contributed by atoms with E-state index in [1.54, 1.807) is 17.5 Å². The van der Waals surface area contributed by atoms with Gasteiger partial charge in [-0.2, -0.15) is 0 Å². The van der Waals surface area contributed by atoms with Gasteiger partial charge in [0, 0.05) is 0 Å². The maximum Gasteiger partial charge on any atom is 0.131 e. The zero-order valence-corrected chi connectivity index (χ0v) is 7.45. The number of nitrogens with zero attached hydrogens (tertiary/aromatic N) is 1. The molecular weight excluding hydrogens is 164 g/mol. The van der Waals surface area contributed by atoms with Crippen LogP contribution in [0.4, 0.5) is 5.69 Å². The van der Waals surface area contributed by atoms with Crippen molar-refractivity contribution in [3.63, 3.8) is 0 Å². The Balaban J connectivity index is 2.34. The number of hydrogen-bond donors (Lipinski definition) is 1. The summed E-state index contributed by atoms with van der Waals surface area (Å²) in [5.74, 6) is 0. The first-order valence-corrected chi connectivity index (χ1v) is 4.07. The number of rotatable bonds is 1. The molecule has 0 unspecified atom stereocenters. The van der Waals surface area contributed by atoms with E-state index in [1.807, 2.05) is 25.1 Å². The average Bonchev–Trinajstić information content (AvgIpc) is 2.56. The molecule has 0 saturated carbocycles. The van der Waals surface area contributed by atoms with E-state index in [-0.39, 0.29) is 0 Å². The fourth-order valence-electron chi connectivity index (χ4n) is 1.29. The highest BCUT2D eigenvalue weighted by Crippen LogP contribution is 2.21. The molecule has 0 aliphatic carbocycles. The minimum Gasteiger partial charge on any atom is -0.395 e. The summed E-state index contributed by atoms with van der Waals surface area (Å²) in [4.78, 5) is 4.86. The molecule has 0 bridgehead atoms. The predicted octanol–water partition coefficient (Wildman–Crippen LogP) is 1.90. The predicted molar refractivity (Wildman–Crippen MR) is 51.5 cm³/mol. The van der Waals surface area contributed by atoms with Gasteiger partial charge in [0.05, 0.1) is 11.9 Å². The Kier molecular flexibility index (Phi) is 1.94. The molecule has 0 amide bonds. The third-order valence-corrected chi connectivity index (χ3v) is 1.92. The van der Waals surface area contributed by atoms with E-state index in [0.717, 1.165) is 11.3 Å². The Labute approximate surface area is 77.5 Å². The molecule has 67 valence electrons. The zero-order chi connectivity index (χ0) is 9.26. The van der Waals surface area contributed by atoms with Crippen LogP contribution in [-0.2, 0) is 4.84 Å². The van der Waals surface area contributed by atoms with Crippen molar-refractivity contribution >= 4 is 5.69 Å². The summed E-state index contributed by atoms with van der Waals surface area (Å²) in [6, 6.07) is 6.07. The fraction of sp³-hybridized carbons (Fsp3) is 0.100. The number of hydrogen-bond acceptors (Lipinski definition) is 3. The first-order chi connectivity index (χ1) is 6.27. The molecule has 3 nitrogen and oxygen atoms in total. The minimum absolute atomic E-state index is 0.975. The van der Waals surface area contributed by atoms with Crippen molar-refractivity contribution in [3.8, 4) is 0 Å². The molecule has 1 radical (unpaired) electrons. The van der Waals surface area contributed by atoms with Crippen molar-refractivity contribution in [2.75, 3.05) is 5.01 Å². The maximum atomic E-state index is 4.86. The number of nitrogens with one attached hydrogen (secondary N) is 1. The molecule has 1 aliphatic rings. The van der Waals surface area contributed by atoms with Crippen molar-refractivity contribution in [1.82, 2.24) is 5.59 Å². The minimum atomic E-state index is 0.975. The zero-order valence-electron chi connectivity index (χ0n) is 7.45. The highest BCUT2D eigenvalue weighted by atomic mass is 16.7. The molecule has 13 heavy (non-hydrogen) atoms. The van der Waals surface area contributed by atoms with Crippen molar-refractivity contribution in [3.05, 3.63) is 48.7 Å². The van der Waals surface area contributed by atoms with Crippen LogP contribution in [0.3, 0.4) is 0 Å². The van der Waals surface area contributed by atoms with Crippen LogP contribution in [0.5, 0.6) is 0 Å². The molecule has 1 heterocycles. The number of hydrazine groups is 1. The first kappa shape index (κ1) is 8.13. The van der Waals surface area contributed by atoms with Crippen molar-refractivity contribution in [2.45, 2.75) is 6.92 Å². The first-order valence-electron chi connectivity index (χ1n) is 4.07. The standard InChI is InChI=1S/C10H11N2O/c1-8-3-4-10(9(2)7-8)12-5-6-13-11-12/h3-7,11H,2H2,1H3. The van der Waals surface area contributed by atoms with Gasteiger partial charge >= 0.3 is 0 Å². The molecule has 3 heteroatoms. The second-order valence-corrected chi connectivity index (χ2v) is 3.00. The molecule has 1 aromatic rings. The third-order valence-electron chi connectivity index (χ3n) is 1.92. The smallest absolute Gasteiger partial charge is 0.131 e. The lowest BCUT2D eigenvalue weighted by Gasteiger charge is -2.16. The Bertz CT molecular complexity index is 347. The van der Waals surface area contributed by atoms with Crippen molar-refractivity contribution in [1.29, 1.82) is 0 Å². The summed E-state index contributed by atoms with van der Waals surface area (Å²) in [6.07, 6.45) is 3.39. The number of anilines is 1. The topological polar surface area (TPSA) is 24.5 Å². The van der Waals surface area contributed by atoms with Crippen LogP contribution in [0.25, 0.3) is 0 Å². The molecule has 0 atom stereocenters. The second kappa shape index (κ2) is 3.11. The van der Waals surface area contributed by atoms with Gasteiger partial charge in [-0.1, -0.05) is 23.3 Å². The van der Waals surface area contributed by atoms with Gasteiger partial charge in [-0.15, -0.1) is 0 Å². The molecule has 0 saturated heterocycles. The summed E-state index contributed by atoms with van der Waals surface area (Å²) in [5, 5.41) is 1.78. The summed E-state index contributed by atoms with van der Waals surface area (Å²) in [6.45, 7) is 6.00. The highest BCUT2D eigenvalue weighted by Gasteiger charge is 2.09. The number of aryl methyl sites for hydroxylation is 1. The monoisotopic (exact) mass is 175 g/mol. The van der Waals surface area contributed by atoms with Crippen LogP contribution in [-0.4, -0.2) is 0 Å². The third kappa shape index (κ3) is 1.51. The molecule has 1 aliphatic heterocycles. The molecular formula is C10H11N2O. The van der Waals surface area contributed by atoms with E-state index < -0.39 is 0 Å². The quantitative estimate of drug-likeness (QED) is 0.705. The summed E-state index contributed by atoms with van der Waals surface area (Å²) in [7, 11) is 0. The number of benzene rings is 1. The Hall–Kier alpha value is -1.48. The summed E-state index contributed by atoms with van der Waals surface area (Å²) in [5.41, 5.74) is 5.90. The van der Waals surface area contributed by atoms with Crippen LogP contribution >= 0.6 is 0 Å². The molecule has 0 fully saturated rings. The van der Waals surface area contributed by atoms with E-state index in [2.05, 4.69) is 12.5 Å². The van der Waals surface area contributed by atoms with Crippen LogP contribution in [0.15, 0.2) is 30.7 Å². The fourth-order valence-corrected chi connectivity index (χ4v) is 1.29. The summed E-state index contributed by atoms with van der Waals surface area (Å²) < 4.78 is 0. The molecule has 1 N–H and O–H groups in total. The highest BCUT2D eigenvalue weighted by molar-refractivity contribution is 5.57. The van der Waals surface area contributed by atoms with Crippen LogP contribution in [0.1, 0.15) is 11.1 Å². The van der Waals surface area contributed by atoms with E-state index in [0.29, 0.717) is 0 Å². The van der Waals surface area contributed by atoms with E-state index in [4.69, 9.17) is 4.84 Å². The van der Waals surface area contributed by atoms with E-state index in [9.17, 15) is 0 Å². The van der Waals surface area contributed by atoms with Gasteiger partial charge in [-0.05, 0) is 25.5 Å². The van der Waals surface area contributed by atoms with Gasteiger partial charge in [0.1, 0.15) is 6.26 Å². The maximum absolute atomic E-state index is 4.86. The van der Waals surface area contributed by atoms with Gasteiger partial charge < -0.3 is 4.84 Å². The van der Waals surface area contributed by atoms with Crippen molar-refractivity contribution in [2.24, 2.45) is 0 Å². The van der Waals surface area contributed by atoms with Crippen LogP contribution in [0, 0.1) is 13.8 Å². The van der Waals surface area contributed by atoms with Gasteiger partial charge in [0.2, 0.25) is 0 Å². The Morgan fingerprint density at radius 1 is 1.46 bits per heavy atom. The molecule has 0 aromatic heterocycles. The van der Waals surface area contributed by atoms with Gasteiger partial charge in [0.25, 0.3) is 0 Å². The lowest BCUT2D eigenvalue weighted by molar-refractivity contribution is 0.159. The van der Waals surface area contributed by atoms with Gasteiger partial charge in [-0.25, -0.2) is 5.01 Å². The molecule has 1 aromatic carbocycles. The lowest BCUT2D eigenvalue weighted by Crippen LogP contribution is -2.27. The normalized spacial score (nSPS) is 14.8. The van der Waals surface area contributed by atoms with Crippen molar-refractivity contribution < 1.29 is 4.84 Å². The van der Waals surface area contributed by atoms with Gasteiger partial charge in [0.15, 0.2) is 0 Å².